The van der Waals surface area contributed by atoms with Crippen LogP contribution >= 0.6 is 23.2 Å². The van der Waals surface area contributed by atoms with E-state index in [2.05, 4.69) is 5.32 Å². The molecule has 25 heavy (non-hydrogen) atoms. The molecule has 1 aromatic rings. The molecule has 9 heteroatoms. The molecule has 3 N–H and O–H groups in total. The maximum atomic E-state index is 9.55. The molecule has 0 amide bonds. The minimum Gasteiger partial charge on any atom is -0.478 e. The Morgan fingerprint density at radius 3 is 2.32 bits per heavy atom. The summed E-state index contributed by atoms with van der Waals surface area (Å²) in [6.45, 7) is 3.44. The van der Waals surface area contributed by atoms with Crippen LogP contribution in [0.5, 0.6) is 0 Å². The van der Waals surface area contributed by atoms with Crippen molar-refractivity contribution >= 4 is 35.1 Å². The standard InChI is InChI=1S/C12H15Cl2NO2.C4H4O4/c13-11-2-1-3-12(14)10(11)8-16-7-9-6-15-4-5-17-9;5-3(6)1-2-4(7)8/h1-3,9,15H,4-8H2;1-2H,(H,5,6)(H,7,8). The zero-order valence-corrected chi connectivity index (χ0v) is 14.8. The number of halogens is 2. The zero-order valence-electron chi connectivity index (χ0n) is 13.3. The van der Waals surface area contributed by atoms with E-state index < -0.39 is 11.9 Å². The highest BCUT2D eigenvalue weighted by Gasteiger charge is 2.14. The van der Waals surface area contributed by atoms with Gasteiger partial charge in [0.1, 0.15) is 0 Å². The maximum Gasteiger partial charge on any atom is 0.328 e. The first-order chi connectivity index (χ1) is 11.9. The van der Waals surface area contributed by atoms with Gasteiger partial charge in [0.25, 0.3) is 0 Å². The summed E-state index contributed by atoms with van der Waals surface area (Å²) in [5.41, 5.74) is 0.833. The van der Waals surface area contributed by atoms with Gasteiger partial charge in [0, 0.05) is 40.9 Å². The second kappa shape index (κ2) is 11.8. The zero-order chi connectivity index (χ0) is 18.7. The Labute approximate surface area is 155 Å². The average Bonchev–Trinajstić information content (AvgIpc) is 2.57. The fourth-order valence-corrected chi connectivity index (χ4v) is 2.34. The Kier molecular flexibility index (Phi) is 10.1. The molecule has 0 saturated carbocycles. The van der Waals surface area contributed by atoms with Crippen molar-refractivity contribution in [3.63, 3.8) is 0 Å². The molecule has 7 nitrogen and oxygen atoms in total. The van der Waals surface area contributed by atoms with Gasteiger partial charge in [-0.05, 0) is 12.1 Å². The van der Waals surface area contributed by atoms with Crippen LogP contribution in [-0.2, 0) is 25.7 Å². The molecule has 0 aromatic heterocycles. The number of rotatable bonds is 6. The van der Waals surface area contributed by atoms with E-state index in [1.54, 1.807) is 0 Å². The van der Waals surface area contributed by atoms with E-state index in [0.717, 1.165) is 25.3 Å². The number of nitrogens with one attached hydrogen (secondary N) is 1. The predicted molar refractivity (Wildman–Crippen MR) is 93.1 cm³/mol. The van der Waals surface area contributed by atoms with Crippen LogP contribution < -0.4 is 5.32 Å². The number of carboxylic acids is 2. The quantitative estimate of drug-likeness (QED) is 0.638. The van der Waals surface area contributed by atoms with E-state index >= 15 is 0 Å². The molecule has 0 aliphatic carbocycles. The summed E-state index contributed by atoms with van der Waals surface area (Å²) >= 11 is 12.1. The Morgan fingerprint density at radius 1 is 1.24 bits per heavy atom. The summed E-state index contributed by atoms with van der Waals surface area (Å²) < 4.78 is 11.1. The van der Waals surface area contributed by atoms with Crippen molar-refractivity contribution in [2.75, 3.05) is 26.3 Å². The lowest BCUT2D eigenvalue weighted by molar-refractivity contribution is -0.134. The highest BCUT2D eigenvalue weighted by atomic mass is 35.5. The Morgan fingerprint density at radius 2 is 1.84 bits per heavy atom. The highest BCUT2D eigenvalue weighted by Crippen LogP contribution is 2.24. The lowest BCUT2D eigenvalue weighted by Gasteiger charge is -2.23. The third-order valence-electron chi connectivity index (χ3n) is 2.98. The smallest absolute Gasteiger partial charge is 0.328 e. The number of morpholine rings is 1. The molecule has 0 spiro atoms. The molecular weight excluding hydrogens is 373 g/mol. The molecule has 138 valence electrons. The van der Waals surface area contributed by atoms with Crippen molar-refractivity contribution in [1.82, 2.24) is 5.32 Å². The van der Waals surface area contributed by atoms with Crippen LogP contribution in [0, 0.1) is 0 Å². The van der Waals surface area contributed by atoms with Crippen LogP contribution in [-0.4, -0.2) is 54.6 Å². The van der Waals surface area contributed by atoms with Crippen LogP contribution in [0.15, 0.2) is 30.4 Å². The average molecular weight is 392 g/mol. The van der Waals surface area contributed by atoms with Gasteiger partial charge in [0.15, 0.2) is 0 Å². The van der Waals surface area contributed by atoms with Gasteiger partial charge < -0.3 is 25.0 Å². The molecule has 1 aromatic carbocycles. The third-order valence-corrected chi connectivity index (χ3v) is 3.69. The van der Waals surface area contributed by atoms with Crippen LogP contribution in [0.3, 0.4) is 0 Å². The number of aliphatic carboxylic acids is 2. The van der Waals surface area contributed by atoms with Crippen LogP contribution in [0.1, 0.15) is 5.56 Å². The number of hydrogen-bond acceptors (Lipinski definition) is 5. The van der Waals surface area contributed by atoms with Gasteiger partial charge >= 0.3 is 11.9 Å². The van der Waals surface area contributed by atoms with Gasteiger partial charge in [-0.1, -0.05) is 29.3 Å². The summed E-state index contributed by atoms with van der Waals surface area (Å²) in [5.74, 6) is -2.51. The van der Waals surface area contributed by atoms with Crippen LogP contribution in [0.2, 0.25) is 10.0 Å². The molecule has 2 rings (SSSR count). The van der Waals surface area contributed by atoms with Gasteiger partial charge in [0.05, 0.1) is 25.9 Å². The molecular formula is C16H19Cl2NO6. The largest absolute Gasteiger partial charge is 0.478 e. The van der Waals surface area contributed by atoms with E-state index in [1.165, 1.54) is 0 Å². The summed E-state index contributed by atoms with van der Waals surface area (Å²) in [4.78, 5) is 19.1. The molecule has 1 aliphatic heterocycles. The van der Waals surface area contributed by atoms with Crippen molar-refractivity contribution in [2.45, 2.75) is 12.7 Å². The summed E-state index contributed by atoms with van der Waals surface area (Å²) in [5, 5.41) is 20.2. The first-order valence-electron chi connectivity index (χ1n) is 7.37. The second-order valence-corrected chi connectivity index (χ2v) is 5.74. The van der Waals surface area contributed by atoms with Gasteiger partial charge in [-0.2, -0.15) is 0 Å². The monoisotopic (exact) mass is 391 g/mol. The summed E-state index contributed by atoms with van der Waals surface area (Å²) in [6.07, 6.45) is 1.23. The van der Waals surface area contributed by atoms with Crippen LogP contribution in [0.4, 0.5) is 0 Å². The Hall–Kier alpha value is -1.64. The number of carboxylic acid groups (broad SMARTS) is 2. The van der Waals surface area contributed by atoms with E-state index in [1.807, 2.05) is 18.2 Å². The van der Waals surface area contributed by atoms with Gasteiger partial charge in [-0.15, -0.1) is 0 Å². The Balaban J connectivity index is 0.000000333. The van der Waals surface area contributed by atoms with Crippen molar-refractivity contribution < 1.29 is 29.3 Å². The number of hydrogen-bond donors (Lipinski definition) is 3. The number of ether oxygens (including phenoxy) is 2. The Bertz CT molecular complexity index is 566. The molecule has 0 radical (unpaired) electrons. The fraction of sp³-hybridized carbons (Fsp3) is 0.375. The first-order valence-corrected chi connectivity index (χ1v) is 8.12. The number of benzene rings is 1. The van der Waals surface area contributed by atoms with Crippen LogP contribution in [0.25, 0.3) is 0 Å². The normalized spacial score (nSPS) is 17.0. The van der Waals surface area contributed by atoms with Crippen molar-refractivity contribution in [1.29, 1.82) is 0 Å². The third kappa shape index (κ3) is 9.42. The SMILES string of the molecule is Clc1cccc(Cl)c1COCC1CNCCO1.O=C(O)C=CC(=O)O. The minimum absolute atomic E-state index is 0.116. The summed E-state index contributed by atoms with van der Waals surface area (Å²) in [7, 11) is 0. The molecule has 1 aliphatic rings. The summed E-state index contributed by atoms with van der Waals surface area (Å²) in [6, 6.07) is 5.44. The van der Waals surface area contributed by atoms with Crippen molar-refractivity contribution in [3.05, 3.63) is 46.0 Å². The van der Waals surface area contributed by atoms with Crippen molar-refractivity contribution in [2.24, 2.45) is 0 Å². The maximum absolute atomic E-state index is 9.55. The predicted octanol–water partition coefficient (Wildman–Crippen LogP) is 2.21. The van der Waals surface area contributed by atoms with Gasteiger partial charge in [-0.25, -0.2) is 9.59 Å². The molecule has 0 bridgehead atoms. The topological polar surface area (TPSA) is 105 Å². The molecule has 1 saturated heterocycles. The van der Waals surface area contributed by atoms with Crippen molar-refractivity contribution in [3.8, 4) is 0 Å². The lowest BCUT2D eigenvalue weighted by atomic mass is 10.2. The van der Waals surface area contributed by atoms with E-state index in [-0.39, 0.29) is 6.10 Å². The fourth-order valence-electron chi connectivity index (χ4n) is 1.83. The number of carbonyl (C=O) groups is 2. The highest BCUT2D eigenvalue weighted by molar-refractivity contribution is 6.35. The first kappa shape index (κ1) is 21.4. The second-order valence-electron chi connectivity index (χ2n) is 4.92. The molecule has 1 heterocycles. The van der Waals surface area contributed by atoms with E-state index in [9.17, 15) is 9.59 Å². The van der Waals surface area contributed by atoms with E-state index in [4.69, 9.17) is 42.9 Å². The minimum atomic E-state index is -1.26. The lowest BCUT2D eigenvalue weighted by Crippen LogP contribution is -2.40. The molecule has 1 fully saturated rings. The molecule has 1 unspecified atom stereocenters. The van der Waals surface area contributed by atoms with Gasteiger partial charge in [-0.3, -0.25) is 0 Å². The molecule has 1 atom stereocenters. The van der Waals surface area contributed by atoms with E-state index in [0.29, 0.717) is 35.4 Å². The van der Waals surface area contributed by atoms with Gasteiger partial charge in [0.2, 0.25) is 0 Å².